The Morgan fingerprint density at radius 2 is 2.17 bits per heavy atom. The van der Waals surface area contributed by atoms with Crippen molar-refractivity contribution >= 4 is 0 Å². The maximum Gasteiger partial charge on any atom is -0.00597 e. The van der Waals surface area contributed by atoms with E-state index in [1.165, 1.54) is 24.0 Å². The quantitative estimate of drug-likeness (QED) is 0.622. The lowest BCUT2D eigenvalue weighted by Crippen LogP contribution is -1.81. The smallest absolute Gasteiger partial charge is 0.00597 e. The molecular formula is C11H19N. The molecule has 0 fully saturated rings. The van der Waals surface area contributed by atoms with Gasteiger partial charge in [-0.25, -0.2) is 0 Å². The van der Waals surface area contributed by atoms with Gasteiger partial charge in [0.2, 0.25) is 0 Å². The molecule has 0 atom stereocenters. The summed E-state index contributed by atoms with van der Waals surface area (Å²) in [5.74, 6) is 0. The summed E-state index contributed by atoms with van der Waals surface area (Å²) in [6, 6.07) is 0. The Bertz CT molecular complexity index is 187. The van der Waals surface area contributed by atoms with Crippen LogP contribution < -0.4 is 5.73 Å². The molecule has 0 aromatic heterocycles. The Morgan fingerprint density at radius 1 is 1.50 bits per heavy atom. The highest BCUT2D eigenvalue weighted by Gasteiger charge is 1.89. The lowest BCUT2D eigenvalue weighted by Gasteiger charge is -1.98. The lowest BCUT2D eigenvalue weighted by molar-refractivity contribution is 0.799. The van der Waals surface area contributed by atoms with E-state index < -0.39 is 0 Å². The van der Waals surface area contributed by atoms with Crippen molar-refractivity contribution < 1.29 is 0 Å². The largest absolute Gasteiger partial charge is 0.405 e. The Morgan fingerprint density at radius 3 is 2.67 bits per heavy atom. The molecule has 0 aromatic carbocycles. The molecule has 0 unspecified atom stereocenters. The Hall–Kier alpha value is -0.980. The van der Waals surface area contributed by atoms with Crippen LogP contribution in [-0.2, 0) is 0 Å². The van der Waals surface area contributed by atoms with Gasteiger partial charge in [-0.05, 0) is 37.6 Å². The van der Waals surface area contributed by atoms with Crippen LogP contribution in [0.15, 0.2) is 36.1 Å². The predicted molar refractivity (Wildman–Crippen MR) is 55.7 cm³/mol. The summed E-state index contributed by atoms with van der Waals surface area (Å²) in [5.41, 5.74) is 7.61. The summed E-state index contributed by atoms with van der Waals surface area (Å²) in [5, 5.41) is 0. The molecule has 0 aliphatic heterocycles. The molecule has 0 spiro atoms. The lowest BCUT2D eigenvalue weighted by atomic mass is 10.1. The molecule has 0 saturated heterocycles. The van der Waals surface area contributed by atoms with Gasteiger partial charge >= 0.3 is 0 Å². The summed E-state index contributed by atoms with van der Waals surface area (Å²) < 4.78 is 0. The van der Waals surface area contributed by atoms with Gasteiger partial charge in [0.05, 0.1) is 0 Å². The average molecular weight is 165 g/mol. The number of rotatable bonds is 5. The van der Waals surface area contributed by atoms with E-state index in [2.05, 4.69) is 19.6 Å². The van der Waals surface area contributed by atoms with Gasteiger partial charge in [-0.15, -0.1) is 0 Å². The van der Waals surface area contributed by atoms with Gasteiger partial charge in [-0.1, -0.05) is 31.6 Å². The van der Waals surface area contributed by atoms with Crippen molar-refractivity contribution in [1.82, 2.24) is 0 Å². The predicted octanol–water partition coefficient (Wildman–Crippen LogP) is 3.15. The fraction of sp³-hybridized carbons (Fsp3) is 0.455. The summed E-state index contributed by atoms with van der Waals surface area (Å²) in [4.78, 5) is 0. The molecule has 0 aromatic rings. The first-order valence-corrected chi connectivity index (χ1v) is 4.45. The van der Waals surface area contributed by atoms with E-state index in [1.807, 2.05) is 13.0 Å². The van der Waals surface area contributed by atoms with Crippen LogP contribution in [-0.4, -0.2) is 0 Å². The van der Waals surface area contributed by atoms with Gasteiger partial charge in [0.15, 0.2) is 0 Å². The number of unbranched alkanes of at least 4 members (excludes halogenated alkanes) is 1. The average Bonchev–Trinajstić information content (AvgIpc) is 2.01. The molecule has 68 valence electrons. The van der Waals surface area contributed by atoms with Crippen LogP contribution in [0.4, 0.5) is 0 Å². The van der Waals surface area contributed by atoms with Crippen LogP contribution in [0.3, 0.4) is 0 Å². The highest BCUT2D eigenvalue weighted by atomic mass is 14.5. The van der Waals surface area contributed by atoms with Crippen LogP contribution in [0, 0.1) is 0 Å². The van der Waals surface area contributed by atoms with Crippen molar-refractivity contribution in [1.29, 1.82) is 0 Å². The molecule has 12 heavy (non-hydrogen) atoms. The molecule has 0 radical (unpaired) electrons. The fourth-order valence-electron chi connectivity index (χ4n) is 0.998. The van der Waals surface area contributed by atoms with Gasteiger partial charge in [0.1, 0.15) is 0 Å². The molecule has 0 aliphatic carbocycles. The Kier molecular flexibility index (Phi) is 6.16. The van der Waals surface area contributed by atoms with Crippen molar-refractivity contribution in [3.05, 3.63) is 36.1 Å². The number of nitrogens with two attached hydrogens (primary N) is 1. The summed E-state index contributed by atoms with van der Waals surface area (Å²) in [6.45, 7) is 8.18. The third kappa shape index (κ3) is 5.78. The molecule has 1 nitrogen and oxygen atoms in total. The highest BCUT2D eigenvalue weighted by molar-refractivity contribution is 5.26. The summed E-state index contributed by atoms with van der Waals surface area (Å²) in [7, 11) is 0. The second-order valence-electron chi connectivity index (χ2n) is 3.01. The van der Waals surface area contributed by atoms with Crippen molar-refractivity contribution in [3.63, 3.8) is 0 Å². The third-order valence-corrected chi connectivity index (χ3v) is 1.64. The molecule has 0 heterocycles. The zero-order chi connectivity index (χ0) is 9.40. The van der Waals surface area contributed by atoms with E-state index in [0.29, 0.717) is 0 Å². The van der Waals surface area contributed by atoms with Crippen molar-refractivity contribution in [2.75, 3.05) is 0 Å². The minimum atomic E-state index is 1.09. The second-order valence-corrected chi connectivity index (χ2v) is 3.01. The first-order valence-electron chi connectivity index (χ1n) is 4.45. The van der Waals surface area contributed by atoms with Crippen LogP contribution >= 0.6 is 0 Å². The normalized spacial score (nSPS) is 12.3. The van der Waals surface area contributed by atoms with Crippen molar-refractivity contribution in [3.8, 4) is 0 Å². The molecule has 2 N–H and O–H groups in total. The zero-order valence-corrected chi connectivity index (χ0v) is 8.14. The van der Waals surface area contributed by atoms with Gasteiger partial charge in [0.25, 0.3) is 0 Å². The minimum Gasteiger partial charge on any atom is -0.405 e. The Balaban J connectivity index is 3.88. The van der Waals surface area contributed by atoms with E-state index in [-0.39, 0.29) is 0 Å². The zero-order valence-electron chi connectivity index (χ0n) is 8.14. The summed E-state index contributed by atoms with van der Waals surface area (Å²) >= 11 is 0. The molecule has 0 saturated carbocycles. The fourth-order valence-corrected chi connectivity index (χ4v) is 0.998. The summed E-state index contributed by atoms with van der Waals surface area (Å²) in [6.07, 6.45) is 9.05. The standard InChI is InChI=1S/C11H19N/c1-4-5-6-10(2)9-11(3)7-8-12/h7-9H,2,4-6,12H2,1,3H3/b8-7-,11-9-. The van der Waals surface area contributed by atoms with Crippen LogP contribution in [0.25, 0.3) is 0 Å². The number of hydrogen-bond acceptors (Lipinski definition) is 1. The highest BCUT2D eigenvalue weighted by Crippen LogP contribution is 2.09. The van der Waals surface area contributed by atoms with E-state index in [4.69, 9.17) is 5.73 Å². The molecule has 0 amide bonds. The Labute approximate surface area is 75.7 Å². The van der Waals surface area contributed by atoms with Gasteiger partial charge < -0.3 is 5.73 Å². The maximum absolute atomic E-state index is 5.25. The van der Waals surface area contributed by atoms with E-state index in [9.17, 15) is 0 Å². The molecule has 1 heteroatoms. The van der Waals surface area contributed by atoms with Gasteiger partial charge in [-0.2, -0.15) is 0 Å². The van der Waals surface area contributed by atoms with Gasteiger partial charge in [0, 0.05) is 0 Å². The van der Waals surface area contributed by atoms with Crippen molar-refractivity contribution in [2.45, 2.75) is 33.1 Å². The van der Waals surface area contributed by atoms with Crippen LogP contribution in [0.1, 0.15) is 33.1 Å². The molecule has 0 aliphatic rings. The SMILES string of the molecule is C=C(/C=C(C)\C=C/N)CCCC. The first-order chi connectivity index (χ1) is 5.70. The molecular weight excluding hydrogens is 146 g/mol. The topological polar surface area (TPSA) is 26.0 Å². The number of hydrogen-bond donors (Lipinski definition) is 1. The first kappa shape index (κ1) is 11.0. The molecule has 0 rings (SSSR count). The minimum absolute atomic E-state index is 1.09. The van der Waals surface area contributed by atoms with Crippen molar-refractivity contribution in [2.24, 2.45) is 5.73 Å². The van der Waals surface area contributed by atoms with E-state index in [0.717, 1.165) is 6.42 Å². The monoisotopic (exact) mass is 165 g/mol. The van der Waals surface area contributed by atoms with Crippen LogP contribution in [0.5, 0.6) is 0 Å². The van der Waals surface area contributed by atoms with Crippen LogP contribution in [0.2, 0.25) is 0 Å². The second kappa shape index (κ2) is 6.71. The van der Waals surface area contributed by atoms with E-state index in [1.54, 1.807) is 6.20 Å². The maximum atomic E-state index is 5.25. The third-order valence-electron chi connectivity index (χ3n) is 1.64. The van der Waals surface area contributed by atoms with Gasteiger partial charge in [-0.3, -0.25) is 0 Å². The number of allylic oxidation sites excluding steroid dienone is 4. The molecule has 0 bridgehead atoms. The van der Waals surface area contributed by atoms with E-state index >= 15 is 0 Å².